The van der Waals surface area contributed by atoms with E-state index in [2.05, 4.69) is 29.1 Å². The minimum atomic E-state index is -9.73. The predicted octanol–water partition coefficient (Wildman–Crippen LogP) is 9.20. The number of aromatic amines is 1. The highest BCUT2D eigenvalue weighted by molar-refractivity contribution is 8.45. The lowest BCUT2D eigenvalue weighted by atomic mass is 9.98. The zero-order valence-electron chi connectivity index (χ0n) is 18.2. The van der Waals surface area contributed by atoms with Crippen LogP contribution in [0.4, 0.5) is 30.9 Å². The molecule has 0 aliphatic heterocycles. The fourth-order valence-corrected chi connectivity index (χ4v) is 4.69. The first-order valence-electron chi connectivity index (χ1n) is 10.8. The van der Waals surface area contributed by atoms with Crippen LogP contribution in [0.5, 0.6) is 0 Å². The third-order valence-corrected chi connectivity index (χ3v) is 6.74. The molecule has 10 heteroatoms. The molecule has 2 aromatic heterocycles. The van der Waals surface area contributed by atoms with Gasteiger partial charge in [0, 0.05) is 17.0 Å². The summed E-state index contributed by atoms with van der Waals surface area (Å²) in [6.07, 6.45) is 3.95. The van der Waals surface area contributed by atoms with E-state index < -0.39 is 15.1 Å². The molecule has 2 heterocycles. The number of halogens is 5. The van der Waals surface area contributed by atoms with Crippen molar-refractivity contribution in [3.05, 3.63) is 54.4 Å². The molecule has 0 saturated carbocycles. The summed E-state index contributed by atoms with van der Waals surface area (Å²) in [5.74, 6) is 1.45. The Kier molecular flexibility index (Phi) is 5.35. The molecular weight excluding hydrogens is 459 g/mol. The van der Waals surface area contributed by atoms with Gasteiger partial charge in [0.05, 0.1) is 5.52 Å². The van der Waals surface area contributed by atoms with Crippen molar-refractivity contribution < 1.29 is 19.4 Å². The quantitative estimate of drug-likeness (QED) is 0.245. The zero-order valence-corrected chi connectivity index (χ0v) is 19.0. The van der Waals surface area contributed by atoms with E-state index >= 15 is 0 Å². The van der Waals surface area contributed by atoms with Crippen molar-refractivity contribution in [3.8, 4) is 0 Å². The molecule has 4 rings (SSSR count). The van der Waals surface area contributed by atoms with Crippen molar-refractivity contribution in [1.82, 2.24) is 15.0 Å². The molecule has 2 aromatic carbocycles. The standard InChI is InChI=1S/C23H25F5N4S/c1-3-7-15(8-4-2)22-31-20-18-9-5-6-10-19(18)30-23(21(20)32-22)29-16-11-13-17(14-12-16)33(24,25,26,27)28/h5-6,9-15H,3-4,7-8H2,1-2H3,(H,29,30)(H,31,32). The van der Waals surface area contributed by atoms with Gasteiger partial charge in [0.1, 0.15) is 21.8 Å². The SMILES string of the molecule is CCCC(CCC)c1nc2c([nH]1)c(Nc1ccc(S(F)(F)(F)(F)F)cc1)nc1ccccc12. The second-order valence-electron chi connectivity index (χ2n) is 8.22. The van der Waals surface area contributed by atoms with Gasteiger partial charge >= 0.3 is 10.2 Å². The molecule has 0 fully saturated rings. The number of aromatic nitrogens is 3. The molecule has 0 unspecified atom stereocenters. The Bertz CT molecular complexity index is 1300. The fourth-order valence-electron chi connectivity index (χ4n) is 4.04. The van der Waals surface area contributed by atoms with Gasteiger partial charge in [0.25, 0.3) is 0 Å². The highest BCUT2D eigenvalue weighted by Crippen LogP contribution is 3.02. The van der Waals surface area contributed by atoms with Crippen LogP contribution in [0, 0.1) is 0 Å². The molecule has 2 N–H and O–H groups in total. The Balaban J connectivity index is 1.80. The van der Waals surface area contributed by atoms with E-state index in [0.717, 1.165) is 49.0 Å². The average molecular weight is 485 g/mol. The van der Waals surface area contributed by atoms with Gasteiger partial charge in [-0.3, -0.25) is 0 Å². The second-order valence-corrected chi connectivity index (χ2v) is 10.6. The summed E-state index contributed by atoms with van der Waals surface area (Å²) in [4.78, 5) is 10.9. The highest BCUT2D eigenvalue weighted by Gasteiger charge is 2.65. The molecule has 4 aromatic rings. The van der Waals surface area contributed by atoms with Gasteiger partial charge in [-0.2, -0.15) is 0 Å². The topological polar surface area (TPSA) is 53.6 Å². The van der Waals surface area contributed by atoms with Gasteiger partial charge in [0.15, 0.2) is 5.82 Å². The average Bonchev–Trinajstić information content (AvgIpc) is 3.18. The van der Waals surface area contributed by atoms with Crippen LogP contribution in [0.15, 0.2) is 53.4 Å². The van der Waals surface area contributed by atoms with E-state index in [1.165, 1.54) is 0 Å². The Morgan fingerprint density at radius 2 is 1.52 bits per heavy atom. The Labute approximate surface area is 188 Å². The summed E-state index contributed by atoms with van der Waals surface area (Å²) < 4.78 is 65.2. The van der Waals surface area contributed by atoms with Gasteiger partial charge in [-0.1, -0.05) is 64.3 Å². The number of H-pyrrole nitrogens is 1. The molecule has 0 amide bonds. The Hall–Kier alpha value is -2.88. The molecule has 0 atom stereocenters. The molecule has 0 spiro atoms. The maximum atomic E-state index is 13.0. The van der Waals surface area contributed by atoms with Crippen LogP contribution in [0.25, 0.3) is 21.9 Å². The normalized spacial score (nSPS) is 14.5. The van der Waals surface area contributed by atoms with Crippen LogP contribution in [-0.2, 0) is 0 Å². The molecular formula is C23H25F5N4S. The third-order valence-electron chi connectivity index (χ3n) is 5.57. The number of nitrogens with one attached hydrogen (secondary N) is 2. The maximum Gasteiger partial charge on any atom is 0.310 e. The first kappa shape index (κ1) is 23.3. The van der Waals surface area contributed by atoms with E-state index in [9.17, 15) is 19.4 Å². The summed E-state index contributed by atoms with van der Waals surface area (Å²) in [6, 6.07) is 10.2. The number of hydrogen-bond donors (Lipinski definition) is 2. The highest BCUT2D eigenvalue weighted by atomic mass is 32.5. The predicted molar refractivity (Wildman–Crippen MR) is 125 cm³/mol. The molecule has 0 bridgehead atoms. The van der Waals surface area contributed by atoms with Crippen molar-refractivity contribution in [2.45, 2.75) is 50.3 Å². The molecule has 178 valence electrons. The zero-order chi connectivity index (χ0) is 23.9. The van der Waals surface area contributed by atoms with Crippen LogP contribution >= 0.6 is 10.2 Å². The Morgan fingerprint density at radius 1 is 0.879 bits per heavy atom. The van der Waals surface area contributed by atoms with Crippen molar-refractivity contribution in [2.75, 3.05) is 5.32 Å². The second kappa shape index (κ2) is 7.58. The first-order chi connectivity index (χ1) is 15.4. The van der Waals surface area contributed by atoms with E-state index in [1.807, 2.05) is 24.3 Å². The van der Waals surface area contributed by atoms with Gasteiger partial charge < -0.3 is 10.3 Å². The molecule has 4 nitrogen and oxygen atoms in total. The molecule has 0 aliphatic carbocycles. The van der Waals surface area contributed by atoms with Gasteiger partial charge in [-0.25, -0.2) is 9.97 Å². The lowest BCUT2D eigenvalue weighted by Gasteiger charge is -2.40. The minimum Gasteiger partial charge on any atom is -0.339 e. The summed E-state index contributed by atoms with van der Waals surface area (Å²) in [7, 11) is -9.73. The summed E-state index contributed by atoms with van der Waals surface area (Å²) in [5, 5.41) is 3.83. The lowest BCUT2D eigenvalue weighted by Crippen LogP contribution is -2.06. The van der Waals surface area contributed by atoms with E-state index in [1.54, 1.807) is 0 Å². The lowest BCUT2D eigenvalue weighted by molar-refractivity contribution is 0.364. The van der Waals surface area contributed by atoms with E-state index in [-0.39, 0.29) is 11.6 Å². The number of nitrogens with zero attached hydrogens (tertiary/aromatic N) is 2. The maximum absolute atomic E-state index is 13.0. The van der Waals surface area contributed by atoms with Crippen LogP contribution in [0.2, 0.25) is 0 Å². The van der Waals surface area contributed by atoms with E-state index in [4.69, 9.17) is 4.98 Å². The fraction of sp³-hybridized carbons (Fsp3) is 0.304. The van der Waals surface area contributed by atoms with Gasteiger partial charge in [-0.05, 0) is 43.2 Å². The van der Waals surface area contributed by atoms with Crippen molar-refractivity contribution in [1.29, 1.82) is 0 Å². The number of benzene rings is 2. The van der Waals surface area contributed by atoms with Crippen molar-refractivity contribution in [2.24, 2.45) is 0 Å². The number of anilines is 2. The van der Waals surface area contributed by atoms with Gasteiger partial charge in [0.2, 0.25) is 0 Å². The molecule has 0 aliphatic rings. The van der Waals surface area contributed by atoms with E-state index in [0.29, 0.717) is 34.5 Å². The first-order valence-corrected chi connectivity index (χ1v) is 12.7. The summed E-state index contributed by atoms with van der Waals surface area (Å²) in [5.41, 5.74) is 2.20. The van der Waals surface area contributed by atoms with Crippen LogP contribution < -0.4 is 5.32 Å². The smallest absolute Gasteiger partial charge is 0.310 e. The summed E-state index contributed by atoms with van der Waals surface area (Å²) >= 11 is 0. The molecule has 0 saturated heterocycles. The number of pyridine rings is 1. The number of hydrogen-bond acceptors (Lipinski definition) is 3. The monoisotopic (exact) mass is 484 g/mol. The number of rotatable bonds is 8. The van der Waals surface area contributed by atoms with Crippen LogP contribution in [0.3, 0.4) is 0 Å². The number of para-hydroxylation sites is 1. The molecule has 0 radical (unpaired) electrons. The van der Waals surface area contributed by atoms with Crippen LogP contribution in [-0.4, -0.2) is 15.0 Å². The van der Waals surface area contributed by atoms with Crippen molar-refractivity contribution in [3.63, 3.8) is 0 Å². The van der Waals surface area contributed by atoms with Crippen molar-refractivity contribution >= 4 is 43.7 Å². The summed E-state index contributed by atoms with van der Waals surface area (Å²) in [6.45, 7) is 4.23. The molecule has 33 heavy (non-hydrogen) atoms. The third kappa shape index (κ3) is 4.90. The van der Waals surface area contributed by atoms with Crippen LogP contribution in [0.1, 0.15) is 51.3 Å². The minimum absolute atomic E-state index is 0.208. The largest absolute Gasteiger partial charge is 0.339 e. The Morgan fingerprint density at radius 3 is 2.12 bits per heavy atom. The number of fused-ring (bicyclic) bond motifs is 3. The number of imidazole rings is 1. The van der Waals surface area contributed by atoms with Gasteiger partial charge in [-0.15, -0.1) is 0 Å².